The summed E-state index contributed by atoms with van der Waals surface area (Å²) in [5.41, 5.74) is 12.1. The van der Waals surface area contributed by atoms with Crippen molar-refractivity contribution in [3.05, 3.63) is 59.7 Å². The molecular weight excluding hydrogens is 352 g/mol. The van der Waals surface area contributed by atoms with Gasteiger partial charge in [0.15, 0.2) is 15.8 Å². The quantitative estimate of drug-likeness (QED) is 0.383. The van der Waals surface area contributed by atoms with Crippen molar-refractivity contribution >= 4 is 27.4 Å². The van der Waals surface area contributed by atoms with E-state index in [0.717, 1.165) is 19.1 Å². The Hall–Kier alpha value is -2.87. The lowest BCUT2D eigenvalue weighted by molar-refractivity contribution is 0.100. The van der Waals surface area contributed by atoms with Gasteiger partial charge in [0.25, 0.3) is 5.91 Å². The summed E-state index contributed by atoms with van der Waals surface area (Å²) >= 11 is 0. The largest absolute Gasteiger partial charge is 0.384 e. The molecule has 5 N–H and O–H groups in total. The summed E-state index contributed by atoms with van der Waals surface area (Å²) in [4.78, 5) is 15.4. The number of aryl methyl sites for hydroxylation is 1. The maximum absolute atomic E-state index is 12.1. The second-order valence-corrected chi connectivity index (χ2v) is 7.83. The average molecular weight is 374 g/mol. The molecule has 0 aliphatic heterocycles. The minimum atomic E-state index is -3.53. The Morgan fingerprint density at radius 3 is 2.42 bits per heavy atom. The van der Waals surface area contributed by atoms with E-state index in [0.29, 0.717) is 12.2 Å². The lowest BCUT2D eigenvalue weighted by Gasteiger charge is -2.12. The number of rotatable bonds is 7. The van der Waals surface area contributed by atoms with Crippen LogP contribution < -0.4 is 16.8 Å². The molecule has 0 saturated carbocycles. The van der Waals surface area contributed by atoms with E-state index in [2.05, 4.69) is 10.3 Å². The first-order valence-electron chi connectivity index (χ1n) is 8.03. The van der Waals surface area contributed by atoms with Gasteiger partial charge in [-0.05, 0) is 36.6 Å². The molecule has 7 nitrogen and oxygen atoms in total. The van der Waals surface area contributed by atoms with Crippen molar-refractivity contribution in [2.75, 3.05) is 18.1 Å². The van der Waals surface area contributed by atoms with Crippen LogP contribution in [-0.4, -0.2) is 33.1 Å². The topological polar surface area (TPSA) is 128 Å². The van der Waals surface area contributed by atoms with Crippen molar-refractivity contribution in [3.63, 3.8) is 0 Å². The van der Waals surface area contributed by atoms with E-state index in [1.807, 2.05) is 30.3 Å². The first kappa shape index (κ1) is 19.5. The van der Waals surface area contributed by atoms with Crippen molar-refractivity contribution in [1.29, 1.82) is 0 Å². The van der Waals surface area contributed by atoms with Crippen molar-refractivity contribution in [3.8, 4) is 0 Å². The number of carbonyl (C=O) groups is 1. The number of carbonyl (C=O) groups excluding carboxylic acids is 1. The van der Waals surface area contributed by atoms with E-state index in [9.17, 15) is 13.2 Å². The van der Waals surface area contributed by atoms with E-state index in [1.54, 1.807) is 6.07 Å². The van der Waals surface area contributed by atoms with Crippen LogP contribution in [0.5, 0.6) is 0 Å². The Bertz CT molecular complexity index is 905. The number of sulfone groups is 1. The zero-order valence-corrected chi connectivity index (χ0v) is 15.3. The summed E-state index contributed by atoms with van der Waals surface area (Å²) in [5, 5.41) is 3.12. The summed E-state index contributed by atoms with van der Waals surface area (Å²) in [5.74, 6) is -1.07. The number of nitrogens with one attached hydrogen (secondary N) is 1. The smallest absolute Gasteiger partial charge is 0.280 e. The molecule has 2 rings (SSSR count). The monoisotopic (exact) mass is 374 g/mol. The predicted molar refractivity (Wildman–Crippen MR) is 103 cm³/mol. The van der Waals surface area contributed by atoms with Gasteiger partial charge in [0.2, 0.25) is 0 Å². The molecule has 0 fully saturated rings. The van der Waals surface area contributed by atoms with Crippen LogP contribution in [0.4, 0.5) is 5.69 Å². The molecule has 2 aromatic rings. The third kappa shape index (κ3) is 5.59. The fourth-order valence-corrected chi connectivity index (χ4v) is 3.33. The van der Waals surface area contributed by atoms with Crippen molar-refractivity contribution in [2.45, 2.75) is 17.7 Å². The zero-order valence-electron chi connectivity index (χ0n) is 14.5. The number of benzene rings is 2. The van der Waals surface area contributed by atoms with E-state index in [-0.39, 0.29) is 16.4 Å². The number of guanidine groups is 1. The molecule has 0 atom stereocenters. The molecule has 0 heterocycles. The summed E-state index contributed by atoms with van der Waals surface area (Å²) < 4.78 is 24.1. The van der Waals surface area contributed by atoms with Crippen LogP contribution in [0.3, 0.4) is 0 Å². The Balaban J connectivity index is 2.12. The fraction of sp³-hybridized carbons (Fsp3) is 0.222. The van der Waals surface area contributed by atoms with Gasteiger partial charge in [-0.3, -0.25) is 4.79 Å². The third-order valence-electron chi connectivity index (χ3n) is 3.66. The summed E-state index contributed by atoms with van der Waals surface area (Å²) in [6, 6.07) is 14.3. The SMILES string of the molecule is CS(=O)(=O)c1cc(C(=O)N=C(N)N)ccc1NCCCc1ccccc1. The molecule has 0 aliphatic rings. The first-order chi connectivity index (χ1) is 12.3. The number of hydrogen-bond donors (Lipinski definition) is 3. The minimum Gasteiger partial charge on any atom is -0.384 e. The van der Waals surface area contributed by atoms with Gasteiger partial charge < -0.3 is 16.8 Å². The number of nitrogens with zero attached hydrogens (tertiary/aromatic N) is 1. The van der Waals surface area contributed by atoms with Crippen LogP contribution in [0.1, 0.15) is 22.3 Å². The Labute approximate surface area is 153 Å². The highest BCUT2D eigenvalue weighted by Gasteiger charge is 2.16. The first-order valence-corrected chi connectivity index (χ1v) is 9.92. The maximum Gasteiger partial charge on any atom is 0.280 e. The number of nitrogens with two attached hydrogens (primary N) is 2. The number of hydrogen-bond acceptors (Lipinski definition) is 4. The molecule has 0 saturated heterocycles. The van der Waals surface area contributed by atoms with Crippen LogP contribution in [0.2, 0.25) is 0 Å². The Kier molecular flexibility index (Phi) is 6.35. The Morgan fingerprint density at radius 2 is 1.81 bits per heavy atom. The second kappa shape index (κ2) is 8.48. The molecule has 1 amide bonds. The average Bonchev–Trinajstić information content (AvgIpc) is 2.58. The van der Waals surface area contributed by atoms with Gasteiger partial charge in [0.1, 0.15) is 0 Å². The van der Waals surface area contributed by atoms with Crippen LogP contribution >= 0.6 is 0 Å². The highest BCUT2D eigenvalue weighted by atomic mass is 32.2. The van der Waals surface area contributed by atoms with Crippen molar-refractivity contribution < 1.29 is 13.2 Å². The molecule has 0 aromatic heterocycles. The minimum absolute atomic E-state index is 0.0360. The summed E-state index contributed by atoms with van der Waals surface area (Å²) in [6.07, 6.45) is 2.80. The van der Waals surface area contributed by atoms with Crippen LogP contribution in [0.25, 0.3) is 0 Å². The van der Waals surface area contributed by atoms with E-state index >= 15 is 0 Å². The fourth-order valence-electron chi connectivity index (χ4n) is 2.45. The zero-order chi connectivity index (χ0) is 19.2. The molecule has 138 valence electrons. The van der Waals surface area contributed by atoms with Gasteiger partial charge in [-0.25, -0.2) is 8.42 Å². The van der Waals surface area contributed by atoms with Crippen LogP contribution in [-0.2, 0) is 16.3 Å². The lowest BCUT2D eigenvalue weighted by Crippen LogP contribution is -2.24. The van der Waals surface area contributed by atoms with E-state index in [1.165, 1.54) is 17.7 Å². The molecule has 0 aliphatic carbocycles. The normalized spacial score (nSPS) is 11.0. The number of aliphatic imine (C=N–C) groups is 1. The number of anilines is 1. The lowest BCUT2D eigenvalue weighted by atomic mass is 10.1. The highest BCUT2D eigenvalue weighted by Crippen LogP contribution is 2.23. The maximum atomic E-state index is 12.1. The van der Waals surface area contributed by atoms with Gasteiger partial charge in [-0.15, -0.1) is 0 Å². The predicted octanol–water partition coefficient (Wildman–Crippen LogP) is 1.55. The Morgan fingerprint density at radius 1 is 1.12 bits per heavy atom. The van der Waals surface area contributed by atoms with Crippen molar-refractivity contribution in [2.24, 2.45) is 16.5 Å². The van der Waals surface area contributed by atoms with E-state index in [4.69, 9.17) is 11.5 Å². The van der Waals surface area contributed by atoms with Gasteiger partial charge in [-0.1, -0.05) is 30.3 Å². The molecule has 0 unspecified atom stereocenters. The van der Waals surface area contributed by atoms with Gasteiger partial charge in [0, 0.05) is 18.4 Å². The molecule has 0 spiro atoms. The summed E-state index contributed by atoms with van der Waals surface area (Å²) in [7, 11) is -3.53. The van der Waals surface area contributed by atoms with Gasteiger partial charge >= 0.3 is 0 Å². The second-order valence-electron chi connectivity index (χ2n) is 5.84. The van der Waals surface area contributed by atoms with Gasteiger partial charge in [-0.2, -0.15) is 4.99 Å². The van der Waals surface area contributed by atoms with Gasteiger partial charge in [0.05, 0.1) is 10.6 Å². The van der Waals surface area contributed by atoms with E-state index < -0.39 is 15.7 Å². The standard InChI is InChI=1S/C18H22N4O3S/c1-26(24,25)16-12-14(17(23)22-18(19)20)9-10-15(16)21-11-5-8-13-6-3-2-4-7-13/h2-4,6-7,9-10,12,21H,5,8,11H2,1H3,(H4,19,20,22,23). The van der Waals surface area contributed by atoms with Crippen molar-refractivity contribution in [1.82, 2.24) is 0 Å². The highest BCUT2D eigenvalue weighted by molar-refractivity contribution is 7.90. The molecule has 2 aromatic carbocycles. The molecular formula is C18H22N4O3S. The third-order valence-corrected chi connectivity index (χ3v) is 4.80. The molecule has 0 radical (unpaired) electrons. The van der Waals surface area contributed by atoms with Crippen LogP contribution in [0, 0.1) is 0 Å². The summed E-state index contributed by atoms with van der Waals surface area (Å²) in [6.45, 7) is 0.596. The molecule has 26 heavy (non-hydrogen) atoms. The number of amides is 1. The van der Waals surface area contributed by atoms with Crippen LogP contribution in [0.15, 0.2) is 58.4 Å². The molecule has 8 heteroatoms. The molecule has 0 bridgehead atoms.